The van der Waals surface area contributed by atoms with E-state index in [0.29, 0.717) is 24.7 Å². The standard InChI is InChI=1S/C15H19N3O5S2/c1-11-16-15(23-17-11)12-6-5-9-18(10-12)25(21,22)14-8-4-3-7-13(14)24(2,19)20/h3-4,7-8,12H,5-6,9-10H2,1-2H3. The van der Waals surface area contributed by atoms with E-state index >= 15 is 0 Å². The third-order valence-corrected chi connectivity index (χ3v) is 7.35. The van der Waals surface area contributed by atoms with Crippen molar-refractivity contribution in [1.82, 2.24) is 14.4 Å². The van der Waals surface area contributed by atoms with Crippen LogP contribution in [0.4, 0.5) is 0 Å². The van der Waals surface area contributed by atoms with Gasteiger partial charge in [0.15, 0.2) is 15.7 Å². The molecule has 8 nitrogen and oxygen atoms in total. The van der Waals surface area contributed by atoms with Gasteiger partial charge >= 0.3 is 0 Å². The molecule has 1 aliphatic heterocycles. The largest absolute Gasteiger partial charge is 0.339 e. The average Bonchev–Trinajstić information content (AvgIpc) is 3.01. The van der Waals surface area contributed by atoms with Crippen LogP contribution in [0.1, 0.15) is 30.5 Å². The first-order valence-corrected chi connectivity index (χ1v) is 11.1. The Balaban J connectivity index is 1.95. The van der Waals surface area contributed by atoms with Crippen LogP contribution < -0.4 is 0 Å². The summed E-state index contributed by atoms with van der Waals surface area (Å²) in [5.41, 5.74) is 0. The Hall–Kier alpha value is -1.78. The lowest BCUT2D eigenvalue weighted by Crippen LogP contribution is -2.39. The maximum Gasteiger partial charge on any atom is 0.244 e. The quantitative estimate of drug-likeness (QED) is 0.781. The maximum absolute atomic E-state index is 13.0. The Morgan fingerprint density at radius 1 is 1.16 bits per heavy atom. The molecule has 0 radical (unpaired) electrons. The van der Waals surface area contributed by atoms with Crippen LogP contribution in [-0.2, 0) is 19.9 Å². The summed E-state index contributed by atoms with van der Waals surface area (Å²) in [6.07, 6.45) is 2.37. The van der Waals surface area contributed by atoms with Gasteiger partial charge in [0, 0.05) is 19.3 Å². The number of benzene rings is 1. The molecule has 0 amide bonds. The fraction of sp³-hybridized carbons (Fsp3) is 0.467. The van der Waals surface area contributed by atoms with Crippen LogP contribution in [0.15, 0.2) is 38.6 Å². The highest BCUT2D eigenvalue weighted by atomic mass is 32.2. The zero-order valence-electron chi connectivity index (χ0n) is 13.9. The van der Waals surface area contributed by atoms with E-state index in [2.05, 4.69) is 10.1 Å². The topological polar surface area (TPSA) is 110 Å². The van der Waals surface area contributed by atoms with E-state index in [9.17, 15) is 16.8 Å². The summed E-state index contributed by atoms with van der Waals surface area (Å²) in [7, 11) is -7.61. The van der Waals surface area contributed by atoms with Crippen LogP contribution in [0.5, 0.6) is 0 Å². The van der Waals surface area contributed by atoms with Gasteiger partial charge in [0.05, 0.1) is 10.8 Å². The average molecular weight is 385 g/mol. The molecule has 10 heteroatoms. The molecule has 1 saturated heterocycles. The molecule has 1 aromatic carbocycles. The fourth-order valence-electron chi connectivity index (χ4n) is 2.95. The van der Waals surface area contributed by atoms with Gasteiger partial charge in [0.1, 0.15) is 4.90 Å². The Kier molecular flexibility index (Phi) is 4.69. The third-order valence-electron chi connectivity index (χ3n) is 4.14. The van der Waals surface area contributed by atoms with E-state index in [1.807, 2.05) is 0 Å². The SMILES string of the molecule is Cc1noc(C2CCCN(S(=O)(=O)c3ccccc3S(C)(=O)=O)C2)n1. The van der Waals surface area contributed by atoms with E-state index < -0.39 is 19.9 Å². The molecule has 136 valence electrons. The smallest absolute Gasteiger partial charge is 0.244 e. The molecule has 2 heterocycles. The van der Waals surface area contributed by atoms with Crippen molar-refractivity contribution in [2.45, 2.75) is 35.5 Å². The minimum atomic E-state index is -3.95. The number of hydrogen-bond acceptors (Lipinski definition) is 7. The molecule has 3 rings (SSSR count). The normalized spacial score (nSPS) is 19.8. The van der Waals surface area contributed by atoms with Crippen molar-refractivity contribution < 1.29 is 21.4 Å². The highest BCUT2D eigenvalue weighted by molar-refractivity contribution is 7.93. The number of sulfonamides is 1. The van der Waals surface area contributed by atoms with Gasteiger partial charge in [-0.2, -0.15) is 9.29 Å². The second-order valence-electron chi connectivity index (χ2n) is 6.10. The van der Waals surface area contributed by atoms with Crippen molar-refractivity contribution in [1.29, 1.82) is 0 Å². The van der Waals surface area contributed by atoms with Gasteiger partial charge in [0.2, 0.25) is 15.9 Å². The van der Waals surface area contributed by atoms with Crippen LogP contribution in [0.3, 0.4) is 0 Å². The molecule has 1 fully saturated rings. The minimum absolute atomic E-state index is 0.183. The molecular formula is C15H19N3O5S2. The molecule has 0 bridgehead atoms. The lowest BCUT2D eigenvalue weighted by molar-refractivity contribution is 0.265. The number of sulfone groups is 1. The maximum atomic E-state index is 13.0. The minimum Gasteiger partial charge on any atom is -0.339 e. The Morgan fingerprint density at radius 3 is 2.44 bits per heavy atom. The third kappa shape index (κ3) is 3.60. The summed E-state index contributed by atoms with van der Waals surface area (Å²) >= 11 is 0. The van der Waals surface area contributed by atoms with Crippen LogP contribution in [-0.4, -0.2) is 50.6 Å². The van der Waals surface area contributed by atoms with Gasteiger partial charge < -0.3 is 4.52 Å². The predicted octanol–water partition coefficient (Wildman–Crippen LogP) is 1.35. The zero-order valence-corrected chi connectivity index (χ0v) is 15.5. The number of hydrogen-bond donors (Lipinski definition) is 0. The molecule has 0 saturated carbocycles. The lowest BCUT2D eigenvalue weighted by atomic mass is 10.00. The fourth-order valence-corrected chi connectivity index (χ4v) is 6.08. The molecule has 1 aromatic heterocycles. The van der Waals surface area contributed by atoms with Gasteiger partial charge in [0.25, 0.3) is 0 Å². The molecule has 1 unspecified atom stereocenters. The second kappa shape index (κ2) is 6.50. The number of piperidine rings is 1. The molecule has 1 atom stereocenters. The van der Waals surface area contributed by atoms with E-state index in [4.69, 9.17) is 4.52 Å². The first kappa shape index (κ1) is 18.0. The molecule has 25 heavy (non-hydrogen) atoms. The van der Waals surface area contributed by atoms with Crippen molar-refractivity contribution >= 4 is 19.9 Å². The summed E-state index contributed by atoms with van der Waals surface area (Å²) in [5.74, 6) is 0.710. The van der Waals surface area contributed by atoms with Crippen molar-refractivity contribution in [3.05, 3.63) is 36.0 Å². The monoisotopic (exact) mass is 385 g/mol. The summed E-state index contributed by atoms with van der Waals surface area (Å²) < 4.78 is 56.4. The van der Waals surface area contributed by atoms with Gasteiger partial charge in [-0.1, -0.05) is 17.3 Å². The highest BCUT2D eigenvalue weighted by Gasteiger charge is 2.35. The van der Waals surface area contributed by atoms with Gasteiger partial charge in [-0.3, -0.25) is 0 Å². The van der Waals surface area contributed by atoms with Crippen LogP contribution in [0, 0.1) is 6.92 Å². The number of nitrogens with zero attached hydrogens (tertiary/aromatic N) is 3. The first-order valence-electron chi connectivity index (χ1n) is 7.79. The van der Waals surface area contributed by atoms with Crippen LogP contribution >= 0.6 is 0 Å². The van der Waals surface area contributed by atoms with E-state index in [1.54, 1.807) is 6.92 Å². The molecular weight excluding hydrogens is 366 g/mol. The van der Waals surface area contributed by atoms with Crippen LogP contribution in [0.25, 0.3) is 0 Å². The summed E-state index contributed by atoms with van der Waals surface area (Å²) in [6.45, 7) is 2.21. The molecule has 1 aliphatic rings. The van der Waals surface area contributed by atoms with Crippen molar-refractivity contribution in [3.8, 4) is 0 Å². The highest BCUT2D eigenvalue weighted by Crippen LogP contribution is 2.31. The van der Waals surface area contributed by atoms with Crippen molar-refractivity contribution in [2.24, 2.45) is 0 Å². The Morgan fingerprint density at radius 2 is 1.84 bits per heavy atom. The summed E-state index contributed by atoms with van der Waals surface area (Å²) in [5, 5.41) is 3.75. The van der Waals surface area contributed by atoms with Crippen molar-refractivity contribution in [3.63, 3.8) is 0 Å². The van der Waals surface area contributed by atoms with Gasteiger partial charge in [-0.25, -0.2) is 16.8 Å². The zero-order chi connectivity index (χ0) is 18.2. The molecule has 0 spiro atoms. The summed E-state index contributed by atoms with van der Waals surface area (Å²) in [4.78, 5) is 3.80. The summed E-state index contributed by atoms with van der Waals surface area (Å²) in [6, 6.07) is 5.66. The molecule has 0 N–H and O–H groups in total. The van der Waals surface area contributed by atoms with E-state index in [1.165, 1.54) is 28.6 Å². The Bertz CT molecular complexity index is 982. The molecule has 0 aliphatic carbocycles. The number of rotatable bonds is 4. The van der Waals surface area contributed by atoms with Gasteiger partial charge in [-0.05, 0) is 31.9 Å². The molecule has 2 aromatic rings. The van der Waals surface area contributed by atoms with Crippen molar-refractivity contribution in [2.75, 3.05) is 19.3 Å². The first-order chi connectivity index (χ1) is 11.7. The second-order valence-corrected chi connectivity index (χ2v) is 9.99. The van der Waals surface area contributed by atoms with Crippen LogP contribution in [0.2, 0.25) is 0 Å². The predicted molar refractivity (Wildman–Crippen MR) is 89.3 cm³/mol. The van der Waals surface area contributed by atoms with E-state index in [-0.39, 0.29) is 22.3 Å². The van der Waals surface area contributed by atoms with Gasteiger partial charge in [-0.15, -0.1) is 0 Å². The Labute approximate surface area is 146 Å². The number of aryl methyl sites for hydroxylation is 1. The lowest BCUT2D eigenvalue weighted by Gasteiger charge is -2.30. The number of aromatic nitrogens is 2. The van der Waals surface area contributed by atoms with E-state index in [0.717, 1.165) is 12.7 Å².